The molecule has 2 aromatic carbocycles. The Bertz CT molecular complexity index is 787. The molecule has 0 saturated heterocycles. The number of nitrogens with zero attached hydrogens (tertiary/aromatic N) is 3. The van der Waals surface area contributed by atoms with Gasteiger partial charge >= 0.3 is 0 Å². The minimum atomic E-state index is 0.593. The van der Waals surface area contributed by atoms with Gasteiger partial charge in [0.25, 0.3) is 0 Å². The lowest BCUT2D eigenvalue weighted by Gasteiger charge is -2.13. The maximum atomic E-state index is 5.45. The van der Waals surface area contributed by atoms with E-state index in [0.29, 0.717) is 13.1 Å². The number of hydrogen-bond acceptors (Lipinski definition) is 5. The molecule has 1 N–H and O–H groups in total. The van der Waals surface area contributed by atoms with Crippen molar-refractivity contribution in [2.24, 2.45) is 0 Å². The van der Waals surface area contributed by atoms with Gasteiger partial charge in [0.1, 0.15) is 6.33 Å². The molecular formula is C18H20N4O2. The molecular weight excluding hydrogens is 304 g/mol. The third kappa shape index (κ3) is 3.38. The molecule has 0 aliphatic carbocycles. The Kier molecular flexibility index (Phi) is 5.08. The van der Waals surface area contributed by atoms with Crippen LogP contribution in [0.2, 0.25) is 0 Å². The first-order valence-electron chi connectivity index (χ1n) is 7.68. The molecule has 6 heteroatoms. The Hall–Kier alpha value is -2.86. The summed E-state index contributed by atoms with van der Waals surface area (Å²) in [4.78, 5) is 0. The summed E-state index contributed by atoms with van der Waals surface area (Å²) in [6, 6.07) is 15.9. The Morgan fingerprint density at radius 3 is 2.54 bits per heavy atom. The number of para-hydroxylation sites is 2. The third-order valence-corrected chi connectivity index (χ3v) is 3.74. The Balaban J connectivity index is 1.69. The highest BCUT2D eigenvalue weighted by Crippen LogP contribution is 2.30. The highest BCUT2D eigenvalue weighted by Gasteiger charge is 2.10. The molecule has 3 rings (SSSR count). The van der Waals surface area contributed by atoms with E-state index in [1.807, 2.05) is 53.1 Å². The molecule has 1 heterocycles. The minimum absolute atomic E-state index is 0.593. The topological polar surface area (TPSA) is 61.2 Å². The summed E-state index contributed by atoms with van der Waals surface area (Å²) in [5.74, 6) is 2.32. The van der Waals surface area contributed by atoms with Crippen molar-refractivity contribution >= 4 is 0 Å². The minimum Gasteiger partial charge on any atom is -0.493 e. The van der Waals surface area contributed by atoms with E-state index in [4.69, 9.17) is 9.47 Å². The largest absolute Gasteiger partial charge is 0.493 e. The number of hydrogen-bond donors (Lipinski definition) is 1. The van der Waals surface area contributed by atoms with Crippen LogP contribution in [0.5, 0.6) is 11.5 Å². The average molecular weight is 324 g/mol. The number of benzene rings is 2. The summed E-state index contributed by atoms with van der Waals surface area (Å²) >= 11 is 0. The summed E-state index contributed by atoms with van der Waals surface area (Å²) < 4.78 is 12.7. The number of rotatable bonds is 7. The number of ether oxygens (including phenoxy) is 2. The predicted molar refractivity (Wildman–Crippen MR) is 91.4 cm³/mol. The van der Waals surface area contributed by atoms with Crippen LogP contribution in [0.15, 0.2) is 54.9 Å². The zero-order valence-electron chi connectivity index (χ0n) is 13.8. The van der Waals surface area contributed by atoms with Crippen LogP contribution < -0.4 is 14.8 Å². The molecule has 0 aliphatic heterocycles. The van der Waals surface area contributed by atoms with E-state index in [-0.39, 0.29) is 0 Å². The Morgan fingerprint density at radius 2 is 1.79 bits per heavy atom. The van der Waals surface area contributed by atoms with Crippen molar-refractivity contribution in [3.05, 3.63) is 66.2 Å². The van der Waals surface area contributed by atoms with Crippen molar-refractivity contribution in [1.29, 1.82) is 0 Å². The molecule has 0 bridgehead atoms. The van der Waals surface area contributed by atoms with Crippen LogP contribution in [0, 0.1) is 0 Å². The maximum absolute atomic E-state index is 5.45. The van der Waals surface area contributed by atoms with Gasteiger partial charge in [-0.25, -0.2) is 0 Å². The van der Waals surface area contributed by atoms with Gasteiger partial charge in [-0.3, -0.25) is 4.57 Å². The monoisotopic (exact) mass is 324 g/mol. The highest BCUT2D eigenvalue weighted by atomic mass is 16.5. The molecule has 1 aromatic heterocycles. The normalized spacial score (nSPS) is 10.6. The van der Waals surface area contributed by atoms with Crippen molar-refractivity contribution in [2.75, 3.05) is 14.2 Å². The van der Waals surface area contributed by atoms with E-state index in [9.17, 15) is 0 Å². The molecule has 3 aromatic rings. The molecule has 0 spiro atoms. The molecule has 0 aliphatic rings. The number of methoxy groups -OCH3 is 2. The standard InChI is InChI=1S/C18H20N4O2/c1-23-16-10-6-7-14(18(16)24-2)11-19-12-17-21-20-13-22(17)15-8-4-3-5-9-15/h3-10,13,19H,11-12H2,1-2H3. The molecule has 0 unspecified atom stereocenters. The second-order valence-corrected chi connectivity index (χ2v) is 5.21. The van der Waals surface area contributed by atoms with Crippen LogP contribution in [0.25, 0.3) is 5.69 Å². The zero-order chi connectivity index (χ0) is 16.8. The fourth-order valence-corrected chi connectivity index (χ4v) is 2.59. The predicted octanol–water partition coefficient (Wildman–Crippen LogP) is 2.57. The van der Waals surface area contributed by atoms with Gasteiger partial charge in [0.05, 0.1) is 20.8 Å². The smallest absolute Gasteiger partial charge is 0.165 e. The van der Waals surface area contributed by atoms with Gasteiger partial charge in [-0.2, -0.15) is 0 Å². The first kappa shape index (κ1) is 16.0. The molecule has 124 valence electrons. The summed E-state index contributed by atoms with van der Waals surface area (Å²) in [6.07, 6.45) is 1.72. The van der Waals surface area contributed by atoms with E-state index < -0.39 is 0 Å². The lowest BCUT2D eigenvalue weighted by atomic mass is 10.2. The molecule has 0 amide bonds. The Labute approximate surface area is 141 Å². The van der Waals surface area contributed by atoms with E-state index in [0.717, 1.165) is 28.6 Å². The molecule has 0 atom stereocenters. The summed E-state index contributed by atoms with van der Waals surface area (Å²) in [5, 5.41) is 11.6. The van der Waals surface area contributed by atoms with Crippen molar-refractivity contribution in [3.63, 3.8) is 0 Å². The average Bonchev–Trinajstić information content (AvgIpc) is 3.10. The maximum Gasteiger partial charge on any atom is 0.165 e. The van der Waals surface area contributed by atoms with E-state index in [2.05, 4.69) is 15.5 Å². The van der Waals surface area contributed by atoms with Crippen LogP contribution in [-0.2, 0) is 13.1 Å². The highest BCUT2D eigenvalue weighted by molar-refractivity contribution is 5.46. The molecule has 6 nitrogen and oxygen atoms in total. The summed E-state index contributed by atoms with van der Waals surface area (Å²) in [7, 11) is 3.28. The molecule has 0 fully saturated rings. The second-order valence-electron chi connectivity index (χ2n) is 5.21. The van der Waals surface area contributed by atoms with Crippen LogP contribution in [0.1, 0.15) is 11.4 Å². The van der Waals surface area contributed by atoms with Crippen molar-refractivity contribution in [3.8, 4) is 17.2 Å². The molecule has 0 saturated carbocycles. The first-order valence-corrected chi connectivity index (χ1v) is 7.68. The van der Waals surface area contributed by atoms with Gasteiger partial charge in [0, 0.05) is 17.8 Å². The summed E-state index contributed by atoms with van der Waals surface area (Å²) in [5.41, 5.74) is 2.07. The fourth-order valence-electron chi connectivity index (χ4n) is 2.59. The van der Waals surface area contributed by atoms with Gasteiger partial charge in [-0.05, 0) is 18.2 Å². The first-order chi connectivity index (χ1) is 11.8. The fraction of sp³-hybridized carbons (Fsp3) is 0.222. The molecule has 24 heavy (non-hydrogen) atoms. The SMILES string of the molecule is COc1cccc(CNCc2nncn2-c2ccccc2)c1OC. The lowest BCUT2D eigenvalue weighted by Crippen LogP contribution is -2.16. The van der Waals surface area contributed by atoms with E-state index in [1.54, 1.807) is 20.5 Å². The Morgan fingerprint density at radius 1 is 0.958 bits per heavy atom. The second kappa shape index (κ2) is 7.61. The van der Waals surface area contributed by atoms with Gasteiger partial charge in [0.15, 0.2) is 17.3 Å². The van der Waals surface area contributed by atoms with Crippen LogP contribution >= 0.6 is 0 Å². The van der Waals surface area contributed by atoms with Gasteiger partial charge in [-0.1, -0.05) is 30.3 Å². The quantitative estimate of drug-likeness (QED) is 0.724. The number of aromatic nitrogens is 3. The third-order valence-electron chi connectivity index (χ3n) is 3.74. The van der Waals surface area contributed by atoms with E-state index >= 15 is 0 Å². The van der Waals surface area contributed by atoms with Crippen LogP contribution in [-0.4, -0.2) is 29.0 Å². The van der Waals surface area contributed by atoms with E-state index in [1.165, 1.54) is 0 Å². The van der Waals surface area contributed by atoms with Gasteiger partial charge < -0.3 is 14.8 Å². The van der Waals surface area contributed by atoms with Crippen molar-refractivity contribution < 1.29 is 9.47 Å². The van der Waals surface area contributed by atoms with Gasteiger partial charge in [-0.15, -0.1) is 10.2 Å². The van der Waals surface area contributed by atoms with Gasteiger partial charge in [0.2, 0.25) is 0 Å². The number of nitrogens with one attached hydrogen (secondary N) is 1. The lowest BCUT2D eigenvalue weighted by molar-refractivity contribution is 0.350. The van der Waals surface area contributed by atoms with Crippen LogP contribution in [0.3, 0.4) is 0 Å². The zero-order valence-corrected chi connectivity index (χ0v) is 13.8. The summed E-state index contributed by atoms with van der Waals surface area (Å²) in [6.45, 7) is 1.23. The van der Waals surface area contributed by atoms with Crippen molar-refractivity contribution in [1.82, 2.24) is 20.1 Å². The molecule has 0 radical (unpaired) electrons. The van der Waals surface area contributed by atoms with Crippen LogP contribution in [0.4, 0.5) is 0 Å². The van der Waals surface area contributed by atoms with Crippen molar-refractivity contribution in [2.45, 2.75) is 13.1 Å².